The van der Waals surface area contributed by atoms with Gasteiger partial charge in [0.1, 0.15) is 18.7 Å². The van der Waals surface area contributed by atoms with Crippen LogP contribution in [-0.4, -0.2) is 24.7 Å². The first-order valence-corrected chi connectivity index (χ1v) is 3.60. The molecule has 12 heavy (non-hydrogen) atoms. The fraction of sp³-hybridized carbons (Fsp3) is 0.167. The standard InChI is InChI=1S/C6H6N6/c1-7-4-5(8-1)10-3-12-6(4)9-2-11-12/h1-2,10H,3H2,(H,7,8). The maximum absolute atomic E-state index is 4.11. The molecule has 60 valence electrons. The van der Waals surface area contributed by atoms with Crippen LogP contribution in [0.5, 0.6) is 0 Å². The van der Waals surface area contributed by atoms with Crippen molar-refractivity contribution in [2.45, 2.75) is 6.67 Å². The lowest BCUT2D eigenvalue weighted by Gasteiger charge is -2.12. The van der Waals surface area contributed by atoms with E-state index in [0.29, 0.717) is 6.67 Å². The minimum atomic E-state index is 0.632. The van der Waals surface area contributed by atoms with Crippen molar-refractivity contribution in [2.24, 2.45) is 0 Å². The summed E-state index contributed by atoms with van der Waals surface area (Å²) in [6.45, 7) is 0.632. The Labute approximate surface area is 67.7 Å². The fourth-order valence-electron chi connectivity index (χ4n) is 1.32. The number of imidazole rings is 1. The molecule has 0 spiro atoms. The molecule has 2 aromatic heterocycles. The van der Waals surface area contributed by atoms with Crippen LogP contribution >= 0.6 is 0 Å². The predicted molar refractivity (Wildman–Crippen MR) is 41.2 cm³/mol. The number of aromatic amines is 1. The van der Waals surface area contributed by atoms with E-state index in [1.165, 1.54) is 6.33 Å². The molecule has 0 atom stereocenters. The molecule has 0 aromatic carbocycles. The number of anilines is 1. The predicted octanol–water partition coefficient (Wildman–Crippen LogP) is 0.0512. The SMILES string of the molecule is c1nc2n(n1)CNc1nc[nH]c1-2. The summed E-state index contributed by atoms with van der Waals surface area (Å²) in [6.07, 6.45) is 3.18. The van der Waals surface area contributed by atoms with Gasteiger partial charge < -0.3 is 10.3 Å². The van der Waals surface area contributed by atoms with E-state index in [-0.39, 0.29) is 0 Å². The number of hydrogen-bond acceptors (Lipinski definition) is 4. The summed E-state index contributed by atoms with van der Waals surface area (Å²) < 4.78 is 1.78. The van der Waals surface area contributed by atoms with Crippen molar-refractivity contribution >= 4 is 5.82 Å². The van der Waals surface area contributed by atoms with Crippen molar-refractivity contribution in [1.82, 2.24) is 24.7 Å². The molecule has 0 aliphatic carbocycles. The molecule has 6 nitrogen and oxygen atoms in total. The van der Waals surface area contributed by atoms with E-state index in [1.54, 1.807) is 11.0 Å². The van der Waals surface area contributed by atoms with Crippen LogP contribution in [0.3, 0.4) is 0 Å². The summed E-state index contributed by atoms with van der Waals surface area (Å²) >= 11 is 0. The molecular formula is C6H6N6. The molecule has 0 fully saturated rings. The molecule has 0 amide bonds. The Balaban J connectivity index is 2.32. The maximum Gasteiger partial charge on any atom is 0.180 e. The molecule has 3 heterocycles. The highest BCUT2D eigenvalue weighted by Crippen LogP contribution is 2.25. The number of H-pyrrole nitrogens is 1. The number of hydrogen-bond donors (Lipinski definition) is 2. The van der Waals surface area contributed by atoms with E-state index in [2.05, 4.69) is 25.4 Å². The summed E-state index contributed by atoms with van der Waals surface area (Å²) in [5.41, 5.74) is 0.902. The van der Waals surface area contributed by atoms with Gasteiger partial charge in [-0.25, -0.2) is 14.6 Å². The summed E-state index contributed by atoms with van der Waals surface area (Å²) in [7, 11) is 0. The Bertz CT molecular complexity index is 373. The molecule has 0 unspecified atom stereocenters. The van der Waals surface area contributed by atoms with Gasteiger partial charge in [0.05, 0.1) is 6.33 Å². The third-order valence-corrected chi connectivity index (χ3v) is 1.87. The summed E-state index contributed by atoms with van der Waals surface area (Å²) in [5.74, 6) is 1.68. The van der Waals surface area contributed by atoms with Gasteiger partial charge >= 0.3 is 0 Å². The molecule has 0 bridgehead atoms. The van der Waals surface area contributed by atoms with Crippen LogP contribution in [0.4, 0.5) is 5.82 Å². The van der Waals surface area contributed by atoms with Gasteiger partial charge in [0.15, 0.2) is 11.6 Å². The molecular weight excluding hydrogens is 156 g/mol. The first-order valence-electron chi connectivity index (χ1n) is 3.60. The third-order valence-electron chi connectivity index (χ3n) is 1.87. The van der Waals surface area contributed by atoms with E-state index in [4.69, 9.17) is 0 Å². The van der Waals surface area contributed by atoms with Crippen LogP contribution in [-0.2, 0) is 6.67 Å². The molecule has 0 radical (unpaired) electrons. The van der Waals surface area contributed by atoms with Crippen LogP contribution in [0.1, 0.15) is 0 Å². The topological polar surface area (TPSA) is 71.4 Å². The quantitative estimate of drug-likeness (QED) is 0.574. The average Bonchev–Trinajstić information content (AvgIpc) is 2.71. The van der Waals surface area contributed by atoms with E-state index in [9.17, 15) is 0 Å². The van der Waals surface area contributed by atoms with Crippen molar-refractivity contribution in [1.29, 1.82) is 0 Å². The highest BCUT2D eigenvalue weighted by atomic mass is 15.4. The van der Waals surface area contributed by atoms with Gasteiger partial charge in [-0.15, -0.1) is 0 Å². The first kappa shape index (κ1) is 5.76. The average molecular weight is 162 g/mol. The van der Waals surface area contributed by atoms with Crippen LogP contribution in [0.2, 0.25) is 0 Å². The van der Waals surface area contributed by atoms with Gasteiger partial charge in [0.2, 0.25) is 0 Å². The second kappa shape index (κ2) is 1.84. The van der Waals surface area contributed by atoms with Crippen LogP contribution in [0, 0.1) is 0 Å². The highest BCUT2D eigenvalue weighted by molar-refractivity contribution is 5.67. The highest BCUT2D eigenvalue weighted by Gasteiger charge is 2.18. The monoisotopic (exact) mass is 162 g/mol. The lowest BCUT2D eigenvalue weighted by atomic mass is 10.4. The lowest BCUT2D eigenvalue weighted by Crippen LogP contribution is -2.16. The van der Waals surface area contributed by atoms with Crippen LogP contribution in [0.15, 0.2) is 12.7 Å². The number of rotatable bonds is 0. The zero-order valence-electron chi connectivity index (χ0n) is 6.15. The Morgan fingerprint density at radius 1 is 1.42 bits per heavy atom. The molecule has 2 aromatic rings. The summed E-state index contributed by atoms with van der Waals surface area (Å²) in [5, 5.41) is 7.13. The zero-order chi connectivity index (χ0) is 7.97. The van der Waals surface area contributed by atoms with E-state index < -0.39 is 0 Å². The van der Waals surface area contributed by atoms with E-state index in [1.807, 2.05) is 0 Å². The van der Waals surface area contributed by atoms with Crippen LogP contribution in [0.25, 0.3) is 11.5 Å². The van der Waals surface area contributed by atoms with Crippen molar-refractivity contribution in [3.8, 4) is 11.5 Å². The molecule has 1 aliphatic heterocycles. The van der Waals surface area contributed by atoms with Gasteiger partial charge in [-0.3, -0.25) is 0 Å². The van der Waals surface area contributed by atoms with Crippen molar-refractivity contribution in [3.05, 3.63) is 12.7 Å². The normalized spacial score (nSPS) is 13.3. The summed E-state index contributed by atoms with van der Waals surface area (Å²) in [6, 6.07) is 0. The molecule has 6 heteroatoms. The van der Waals surface area contributed by atoms with Crippen molar-refractivity contribution in [3.63, 3.8) is 0 Å². The Kier molecular flexibility index (Phi) is 0.885. The summed E-state index contributed by atoms with van der Waals surface area (Å²) in [4.78, 5) is 11.2. The van der Waals surface area contributed by atoms with Gasteiger partial charge in [-0.05, 0) is 0 Å². The second-order valence-electron chi connectivity index (χ2n) is 2.54. The van der Waals surface area contributed by atoms with E-state index >= 15 is 0 Å². The molecule has 0 saturated heterocycles. The number of fused-ring (bicyclic) bond motifs is 3. The van der Waals surface area contributed by atoms with Crippen molar-refractivity contribution < 1.29 is 0 Å². The molecule has 2 N–H and O–H groups in total. The van der Waals surface area contributed by atoms with E-state index in [0.717, 1.165) is 17.3 Å². The Hall–Kier alpha value is -1.85. The lowest BCUT2D eigenvalue weighted by molar-refractivity contribution is 0.663. The smallest absolute Gasteiger partial charge is 0.180 e. The molecule has 0 saturated carbocycles. The largest absolute Gasteiger partial charge is 0.349 e. The number of nitrogens with zero attached hydrogens (tertiary/aromatic N) is 4. The Morgan fingerprint density at radius 3 is 3.42 bits per heavy atom. The minimum Gasteiger partial charge on any atom is -0.349 e. The van der Waals surface area contributed by atoms with Gasteiger partial charge in [0.25, 0.3) is 0 Å². The third kappa shape index (κ3) is 0.565. The number of nitrogens with one attached hydrogen (secondary N) is 2. The second-order valence-corrected chi connectivity index (χ2v) is 2.54. The molecule has 1 aliphatic rings. The number of aromatic nitrogens is 5. The minimum absolute atomic E-state index is 0.632. The zero-order valence-corrected chi connectivity index (χ0v) is 6.15. The van der Waals surface area contributed by atoms with Crippen LogP contribution < -0.4 is 5.32 Å². The van der Waals surface area contributed by atoms with Crippen molar-refractivity contribution in [2.75, 3.05) is 5.32 Å². The Morgan fingerprint density at radius 2 is 2.42 bits per heavy atom. The first-order chi connectivity index (χ1) is 5.95. The maximum atomic E-state index is 4.11. The van der Waals surface area contributed by atoms with Gasteiger partial charge in [-0.2, -0.15) is 5.10 Å². The van der Waals surface area contributed by atoms with Gasteiger partial charge in [-0.1, -0.05) is 0 Å². The fourth-order valence-corrected chi connectivity index (χ4v) is 1.32. The molecule has 3 rings (SSSR count). The van der Waals surface area contributed by atoms with Gasteiger partial charge in [0, 0.05) is 0 Å².